The van der Waals surface area contributed by atoms with E-state index >= 15 is 0 Å². The molecule has 5 heteroatoms. The number of carboxylic acids is 2. The molecular formula is C17H20NO4+. The van der Waals surface area contributed by atoms with Crippen LogP contribution >= 0.6 is 0 Å². The Labute approximate surface area is 129 Å². The van der Waals surface area contributed by atoms with E-state index in [2.05, 4.69) is 45.4 Å². The fourth-order valence-electron chi connectivity index (χ4n) is 1.73. The van der Waals surface area contributed by atoms with Crippen LogP contribution in [0.3, 0.4) is 0 Å². The first-order valence-electron chi connectivity index (χ1n) is 6.66. The molecule has 2 aromatic carbocycles. The first-order chi connectivity index (χ1) is 10.2. The number of rotatable bonds is 3. The average Bonchev–Trinajstić information content (AvgIpc) is 2.48. The normalized spacial score (nSPS) is 10.3. The Hall–Kier alpha value is -2.66. The second-order valence-electron chi connectivity index (χ2n) is 5.50. The smallest absolute Gasteiger partial charge is 0.336 e. The quantitative estimate of drug-likeness (QED) is 0.855. The summed E-state index contributed by atoms with van der Waals surface area (Å²) in [6.07, 6.45) is 0. The number of quaternary nitrogens is 1. The van der Waals surface area contributed by atoms with Crippen LogP contribution in [-0.2, 0) is 0 Å². The van der Waals surface area contributed by atoms with Crippen LogP contribution in [0, 0.1) is 0 Å². The van der Waals surface area contributed by atoms with Crippen LogP contribution in [0.5, 0.6) is 0 Å². The van der Waals surface area contributed by atoms with Gasteiger partial charge in [0.2, 0.25) is 0 Å². The molecule has 2 aromatic rings. The second-order valence-corrected chi connectivity index (χ2v) is 5.50. The molecule has 0 radical (unpaired) electrons. The topological polar surface area (TPSA) is 74.6 Å². The Kier molecular flexibility index (Phi) is 5.83. The van der Waals surface area contributed by atoms with Crippen molar-refractivity contribution < 1.29 is 19.8 Å². The van der Waals surface area contributed by atoms with Crippen molar-refractivity contribution in [2.24, 2.45) is 0 Å². The summed E-state index contributed by atoms with van der Waals surface area (Å²) in [5.74, 6) is -2.46. The maximum atomic E-state index is 10.5. The second kappa shape index (κ2) is 7.38. The van der Waals surface area contributed by atoms with E-state index in [-0.39, 0.29) is 11.1 Å². The van der Waals surface area contributed by atoms with Gasteiger partial charge in [0.15, 0.2) is 0 Å². The van der Waals surface area contributed by atoms with Gasteiger partial charge in [0.1, 0.15) is 5.69 Å². The van der Waals surface area contributed by atoms with Crippen molar-refractivity contribution in [1.82, 2.24) is 4.48 Å². The van der Waals surface area contributed by atoms with Crippen molar-refractivity contribution in [3.05, 3.63) is 65.7 Å². The number of para-hydroxylation sites is 1. The van der Waals surface area contributed by atoms with Crippen LogP contribution in [0.25, 0.3) is 0 Å². The monoisotopic (exact) mass is 302 g/mol. The van der Waals surface area contributed by atoms with E-state index in [1.54, 1.807) is 0 Å². The van der Waals surface area contributed by atoms with E-state index in [4.69, 9.17) is 10.2 Å². The standard InChI is InChI=1S/C9H14N.C8H6O4/c1-10(2,3)9-7-5-4-6-8-9;9-7(10)5-3-1-2-4-6(5)8(11)12/h4-8H,1-3H3;1-4H,(H,9,10)(H,11,12)/q+1;. The zero-order valence-electron chi connectivity index (χ0n) is 12.9. The van der Waals surface area contributed by atoms with Gasteiger partial charge in [-0.05, 0) is 24.3 Å². The molecule has 116 valence electrons. The molecular weight excluding hydrogens is 282 g/mol. The molecule has 0 amide bonds. The molecule has 2 rings (SSSR count). The minimum atomic E-state index is -1.23. The Morgan fingerprint density at radius 3 is 1.36 bits per heavy atom. The SMILES string of the molecule is C[N+](C)(C)c1ccccc1.O=C(O)c1ccccc1C(=O)O. The highest BCUT2D eigenvalue weighted by Crippen LogP contribution is 2.14. The molecule has 0 heterocycles. The zero-order chi connectivity index (χ0) is 16.8. The predicted molar refractivity (Wildman–Crippen MR) is 86.4 cm³/mol. The maximum Gasteiger partial charge on any atom is 0.336 e. The van der Waals surface area contributed by atoms with Gasteiger partial charge in [-0.2, -0.15) is 0 Å². The number of nitrogens with zero attached hydrogens (tertiary/aromatic N) is 1. The Morgan fingerprint density at radius 1 is 0.727 bits per heavy atom. The summed E-state index contributed by atoms with van der Waals surface area (Å²) < 4.78 is 0.890. The van der Waals surface area contributed by atoms with Gasteiger partial charge in [-0.15, -0.1) is 0 Å². The van der Waals surface area contributed by atoms with Crippen LogP contribution in [0.2, 0.25) is 0 Å². The highest BCUT2D eigenvalue weighted by atomic mass is 16.4. The molecule has 22 heavy (non-hydrogen) atoms. The molecule has 0 unspecified atom stereocenters. The first-order valence-corrected chi connectivity index (χ1v) is 6.66. The minimum absolute atomic E-state index is 0.190. The average molecular weight is 302 g/mol. The summed E-state index contributed by atoms with van der Waals surface area (Å²) >= 11 is 0. The Morgan fingerprint density at radius 2 is 1.09 bits per heavy atom. The zero-order valence-corrected chi connectivity index (χ0v) is 12.9. The van der Waals surface area contributed by atoms with Gasteiger partial charge in [0, 0.05) is 0 Å². The molecule has 0 saturated carbocycles. The van der Waals surface area contributed by atoms with Gasteiger partial charge >= 0.3 is 11.9 Å². The lowest BCUT2D eigenvalue weighted by Crippen LogP contribution is -2.34. The number of carboxylic acid groups (broad SMARTS) is 2. The first kappa shape index (κ1) is 17.4. The molecule has 0 aliphatic carbocycles. The van der Waals surface area contributed by atoms with Crippen molar-refractivity contribution in [2.45, 2.75) is 0 Å². The van der Waals surface area contributed by atoms with Crippen molar-refractivity contribution in [2.75, 3.05) is 21.1 Å². The molecule has 2 N–H and O–H groups in total. The van der Waals surface area contributed by atoms with Crippen LogP contribution in [0.1, 0.15) is 20.7 Å². The van der Waals surface area contributed by atoms with E-state index in [9.17, 15) is 9.59 Å². The van der Waals surface area contributed by atoms with E-state index in [1.807, 2.05) is 6.07 Å². The third-order valence-electron chi connectivity index (χ3n) is 2.92. The predicted octanol–water partition coefficient (Wildman–Crippen LogP) is 2.97. The summed E-state index contributed by atoms with van der Waals surface area (Å²) in [4.78, 5) is 20.9. The largest absolute Gasteiger partial charge is 0.478 e. The van der Waals surface area contributed by atoms with Crippen molar-refractivity contribution in [3.8, 4) is 0 Å². The summed E-state index contributed by atoms with van der Waals surface area (Å²) in [5.41, 5.74) is 0.956. The molecule has 5 nitrogen and oxygen atoms in total. The van der Waals surface area contributed by atoms with Crippen LogP contribution in [-0.4, -0.2) is 43.3 Å². The third-order valence-corrected chi connectivity index (χ3v) is 2.92. The van der Waals surface area contributed by atoms with Gasteiger partial charge in [0.05, 0.1) is 32.3 Å². The Balaban J connectivity index is 0.000000224. The van der Waals surface area contributed by atoms with Gasteiger partial charge in [0.25, 0.3) is 0 Å². The molecule has 0 fully saturated rings. The van der Waals surface area contributed by atoms with Crippen molar-refractivity contribution >= 4 is 17.6 Å². The lowest BCUT2D eigenvalue weighted by molar-refractivity contribution is 0.0651. The number of hydrogen-bond acceptors (Lipinski definition) is 2. The van der Waals surface area contributed by atoms with Crippen LogP contribution in [0.15, 0.2) is 54.6 Å². The lowest BCUT2D eigenvalue weighted by Gasteiger charge is -2.22. The van der Waals surface area contributed by atoms with Gasteiger partial charge < -0.3 is 10.2 Å². The Bertz CT molecular complexity index is 612. The summed E-state index contributed by atoms with van der Waals surface area (Å²) in [6, 6.07) is 15.9. The molecule has 0 aliphatic rings. The van der Waals surface area contributed by atoms with E-state index < -0.39 is 11.9 Å². The maximum absolute atomic E-state index is 10.5. The molecule has 0 saturated heterocycles. The van der Waals surface area contributed by atoms with Crippen LogP contribution < -0.4 is 4.48 Å². The summed E-state index contributed by atoms with van der Waals surface area (Å²) in [5, 5.41) is 17.1. The molecule has 0 bridgehead atoms. The van der Waals surface area contributed by atoms with Gasteiger partial charge in [-0.25, -0.2) is 9.59 Å². The summed E-state index contributed by atoms with van der Waals surface area (Å²) in [6.45, 7) is 0. The molecule has 0 aromatic heterocycles. The number of benzene rings is 2. The highest BCUT2D eigenvalue weighted by Gasteiger charge is 2.13. The fraction of sp³-hybridized carbons (Fsp3) is 0.176. The highest BCUT2D eigenvalue weighted by molar-refractivity contribution is 6.01. The third kappa shape index (κ3) is 5.03. The molecule has 0 atom stereocenters. The lowest BCUT2D eigenvalue weighted by atomic mass is 10.1. The molecule has 0 aliphatic heterocycles. The minimum Gasteiger partial charge on any atom is -0.478 e. The van der Waals surface area contributed by atoms with Gasteiger partial charge in [-0.3, -0.25) is 4.48 Å². The number of hydrogen-bond donors (Lipinski definition) is 2. The van der Waals surface area contributed by atoms with Crippen molar-refractivity contribution in [1.29, 1.82) is 0 Å². The summed E-state index contributed by atoms with van der Waals surface area (Å²) in [7, 11) is 6.49. The van der Waals surface area contributed by atoms with Crippen LogP contribution in [0.4, 0.5) is 5.69 Å². The van der Waals surface area contributed by atoms with E-state index in [1.165, 1.54) is 30.0 Å². The number of aromatic carboxylic acids is 2. The van der Waals surface area contributed by atoms with E-state index in [0.29, 0.717) is 0 Å². The van der Waals surface area contributed by atoms with Crippen molar-refractivity contribution in [3.63, 3.8) is 0 Å². The molecule has 0 spiro atoms. The van der Waals surface area contributed by atoms with Gasteiger partial charge in [-0.1, -0.05) is 30.3 Å². The number of carbonyl (C=O) groups is 2. The fourth-order valence-corrected chi connectivity index (χ4v) is 1.73. The van der Waals surface area contributed by atoms with E-state index in [0.717, 1.165) is 4.48 Å².